The van der Waals surface area contributed by atoms with E-state index < -0.39 is 0 Å². The van der Waals surface area contributed by atoms with Gasteiger partial charge >= 0.3 is 0 Å². The van der Waals surface area contributed by atoms with Gasteiger partial charge in [0, 0.05) is 23.5 Å². The second-order valence-corrected chi connectivity index (χ2v) is 7.37. The quantitative estimate of drug-likeness (QED) is 0.338. The van der Waals surface area contributed by atoms with Gasteiger partial charge in [-0.15, -0.1) is 0 Å². The zero-order chi connectivity index (χ0) is 21.4. The Hall–Kier alpha value is -3.28. The predicted octanol–water partition coefficient (Wildman–Crippen LogP) is 4.17. The molecule has 2 aromatic rings. The number of hydrogen-bond acceptors (Lipinski definition) is 4. The van der Waals surface area contributed by atoms with Crippen molar-refractivity contribution < 1.29 is 9.53 Å². The molecule has 2 rings (SSSR count). The average Bonchev–Trinajstić information content (AvgIpc) is 2.66. The zero-order valence-corrected chi connectivity index (χ0v) is 17.5. The lowest BCUT2D eigenvalue weighted by Crippen LogP contribution is -2.33. The molecule has 0 bridgehead atoms. The van der Waals surface area contributed by atoms with Crippen molar-refractivity contribution >= 4 is 23.1 Å². The average molecular weight is 395 g/mol. The molecule has 0 aliphatic rings. The molecular formula is C23H30N4O2. The molecule has 0 saturated carbocycles. The van der Waals surface area contributed by atoms with Crippen LogP contribution in [0, 0.1) is 5.41 Å². The van der Waals surface area contributed by atoms with Crippen LogP contribution in [-0.4, -0.2) is 30.9 Å². The van der Waals surface area contributed by atoms with Crippen LogP contribution in [0.15, 0.2) is 60.2 Å². The summed E-state index contributed by atoms with van der Waals surface area (Å²) in [5.41, 5.74) is 8.96. The van der Waals surface area contributed by atoms with Crippen molar-refractivity contribution in [3.63, 3.8) is 0 Å². The number of nitrogen functional groups attached to an aromatic ring is 1. The summed E-state index contributed by atoms with van der Waals surface area (Å²) >= 11 is 0. The lowest BCUT2D eigenvalue weighted by atomic mass is 10.1. The van der Waals surface area contributed by atoms with E-state index in [0.29, 0.717) is 17.8 Å². The fourth-order valence-corrected chi connectivity index (χ4v) is 2.69. The highest BCUT2D eigenvalue weighted by atomic mass is 16.5. The maximum absolute atomic E-state index is 12.7. The Kier molecular flexibility index (Phi) is 7.83. The Balaban J connectivity index is 2.11. The van der Waals surface area contributed by atoms with E-state index in [0.717, 1.165) is 11.4 Å². The highest BCUT2D eigenvalue weighted by molar-refractivity contribution is 5.97. The molecule has 6 nitrogen and oxygen atoms in total. The minimum Gasteiger partial charge on any atom is -0.491 e. The Morgan fingerprint density at radius 2 is 1.90 bits per heavy atom. The molecule has 6 heteroatoms. The number of anilines is 2. The molecule has 0 fully saturated rings. The van der Waals surface area contributed by atoms with E-state index in [9.17, 15) is 4.79 Å². The molecule has 0 radical (unpaired) electrons. The van der Waals surface area contributed by atoms with Gasteiger partial charge in [-0.25, -0.2) is 0 Å². The summed E-state index contributed by atoms with van der Waals surface area (Å²) in [5, 5.41) is 10.6. The number of allylic oxidation sites excluding steroid dienone is 1. The van der Waals surface area contributed by atoms with Gasteiger partial charge in [-0.1, -0.05) is 23.8 Å². The van der Waals surface area contributed by atoms with Crippen LogP contribution in [0.1, 0.15) is 33.3 Å². The van der Waals surface area contributed by atoms with Crippen LogP contribution in [0.4, 0.5) is 11.4 Å². The van der Waals surface area contributed by atoms with Gasteiger partial charge in [0.25, 0.3) is 0 Å². The number of benzene rings is 2. The molecule has 29 heavy (non-hydrogen) atoms. The number of nitrogens with two attached hydrogens (primary N) is 1. The van der Waals surface area contributed by atoms with Crippen molar-refractivity contribution in [1.29, 1.82) is 5.41 Å². The van der Waals surface area contributed by atoms with Gasteiger partial charge in [0.05, 0.1) is 12.6 Å². The van der Waals surface area contributed by atoms with Crippen LogP contribution < -0.4 is 20.7 Å². The number of rotatable bonds is 9. The van der Waals surface area contributed by atoms with Gasteiger partial charge in [0.15, 0.2) is 0 Å². The molecule has 0 aliphatic carbocycles. The van der Waals surface area contributed by atoms with Crippen LogP contribution in [0.5, 0.6) is 5.75 Å². The number of ether oxygens (including phenoxy) is 1. The minimum atomic E-state index is -0.127. The van der Waals surface area contributed by atoms with Crippen LogP contribution >= 0.6 is 0 Å². The van der Waals surface area contributed by atoms with Crippen LogP contribution in [0.2, 0.25) is 0 Å². The van der Waals surface area contributed by atoms with E-state index in [1.54, 1.807) is 6.07 Å². The topological polar surface area (TPSA) is 91.4 Å². The molecule has 0 saturated heterocycles. The summed E-state index contributed by atoms with van der Waals surface area (Å²) in [6.45, 7) is 8.74. The number of amidine groups is 1. The third-order valence-corrected chi connectivity index (χ3v) is 4.09. The molecular weight excluding hydrogens is 364 g/mol. The van der Waals surface area contributed by atoms with E-state index >= 15 is 0 Å². The molecule has 0 spiro atoms. The Bertz CT molecular complexity index is 869. The van der Waals surface area contributed by atoms with Crippen molar-refractivity contribution in [3.8, 4) is 5.75 Å². The van der Waals surface area contributed by atoms with Crippen molar-refractivity contribution in [2.45, 2.75) is 33.8 Å². The minimum absolute atomic E-state index is 0.00201. The molecule has 0 aromatic heterocycles. The highest BCUT2D eigenvalue weighted by Crippen LogP contribution is 2.19. The van der Waals surface area contributed by atoms with Crippen molar-refractivity contribution in [3.05, 3.63) is 65.7 Å². The first kappa shape index (κ1) is 22.0. The first-order valence-corrected chi connectivity index (χ1v) is 9.64. The molecule has 4 N–H and O–H groups in total. The number of hydrogen-bond donors (Lipinski definition) is 3. The first-order valence-electron chi connectivity index (χ1n) is 9.64. The summed E-state index contributed by atoms with van der Waals surface area (Å²) in [6.07, 6.45) is 2.16. The molecule has 0 unspecified atom stereocenters. The van der Waals surface area contributed by atoms with E-state index in [1.807, 2.05) is 75.1 Å². The lowest BCUT2D eigenvalue weighted by Gasteiger charge is -2.24. The Morgan fingerprint density at radius 1 is 1.21 bits per heavy atom. The van der Waals surface area contributed by atoms with Crippen LogP contribution in [0.25, 0.3) is 0 Å². The second kappa shape index (κ2) is 10.3. The lowest BCUT2D eigenvalue weighted by molar-refractivity contribution is -0.115. The summed E-state index contributed by atoms with van der Waals surface area (Å²) in [7, 11) is 0. The van der Waals surface area contributed by atoms with E-state index in [2.05, 4.69) is 11.4 Å². The van der Waals surface area contributed by atoms with Crippen molar-refractivity contribution in [1.82, 2.24) is 0 Å². The molecule has 154 valence electrons. The van der Waals surface area contributed by atoms with E-state index in [-0.39, 0.29) is 24.4 Å². The maximum atomic E-state index is 12.7. The number of nitrogens with zero attached hydrogens (tertiary/aromatic N) is 1. The monoisotopic (exact) mass is 394 g/mol. The molecule has 0 heterocycles. The molecule has 2 aromatic carbocycles. The smallest absolute Gasteiger partial charge is 0.243 e. The molecule has 0 atom stereocenters. The van der Waals surface area contributed by atoms with Gasteiger partial charge in [-0.2, -0.15) is 0 Å². The van der Waals surface area contributed by atoms with Gasteiger partial charge in [0.1, 0.15) is 11.6 Å². The zero-order valence-electron chi connectivity index (χ0n) is 17.5. The van der Waals surface area contributed by atoms with E-state index in [1.165, 1.54) is 5.57 Å². The third kappa shape index (κ3) is 7.33. The SMILES string of the molecule is CC(C)=CCN(CC(=O)Nc1ccc(OC(C)C)cc1)c1cccc(C(=N)N)c1. The van der Waals surface area contributed by atoms with Gasteiger partial charge in [-0.3, -0.25) is 10.2 Å². The van der Waals surface area contributed by atoms with Crippen LogP contribution in [-0.2, 0) is 4.79 Å². The number of carbonyl (C=O) groups is 1. The number of amides is 1. The largest absolute Gasteiger partial charge is 0.491 e. The fourth-order valence-electron chi connectivity index (χ4n) is 2.69. The molecule has 1 amide bonds. The molecule has 0 aliphatic heterocycles. The van der Waals surface area contributed by atoms with Crippen molar-refractivity contribution in [2.75, 3.05) is 23.3 Å². The van der Waals surface area contributed by atoms with E-state index in [4.69, 9.17) is 15.9 Å². The number of nitrogens with one attached hydrogen (secondary N) is 2. The van der Waals surface area contributed by atoms with Gasteiger partial charge in [0.2, 0.25) is 5.91 Å². The van der Waals surface area contributed by atoms with Crippen molar-refractivity contribution in [2.24, 2.45) is 5.73 Å². The van der Waals surface area contributed by atoms with Gasteiger partial charge in [-0.05, 0) is 64.1 Å². The van der Waals surface area contributed by atoms with Crippen LogP contribution in [0.3, 0.4) is 0 Å². The van der Waals surface area contributed by atoms with Gasteiger partial charge < -0.3 is 20.7 Å². The Morgan fingerprint density at radius 3 is 2.48 bits per heavy atom. The standard InChI is InChI=1S/C23H30N4O2/c1-16(2)12-13-27(20-7-5-6-18(14-20)23(24)25)15-22(28)26-19-8-10-21(11-9-19)29-17(3)4/h5-12,14,17H,13,15H2,1-4H3,(H3,24,25)(H,26,28). The predicted molar refractivity (Wildman–Crippen MR) is 120 cm³/mol. The number of carbonyl (C=O) groups excluding carboxylic acids is 1. The fraction of sp³-hybridized carbons (Fsp3) is 0.304. The third-order valence-electron chi connectivity index (χ3n) is 4.09. The highest BCUT2D eigenvalue weighted by Gasteiger charge is 2.12. The second-order valence-electron chi connectivity index (χ2n) is 7.37. The maximum Gasteiger partial charge on any atom is 0.243 e. The summed E-state index contributed by atoms with van der Waals surface area (Å²) in [5.74, 6) is 0.643. The normalized spacial score (nSPS) is 10.4. The summed E-state index contributed by atoms with van der Waals surface area (Å²) in [6, 6.07) is 14.7. The summed E-state index contributed by atoms with van der Waals surface area (Å²) < 4.78 is 5.63. The summed E-state index contributed by atoms with van der Waals surface area (Å²) in [4.78, 5) is 14.6. The first-order chi connectivity index (χ1) is 13.7. The Labute approximate surface area is 172 Å².